The second-order valence-electron chi connectivity index (χ2n) is 7.52. The van der Waals surface area contributed by atoms with E-state index in [0.29, 0.717) is 19.4 Å². The summed E-state index contributed by atoms with van der Waals surface area (Å²) < 4.78 is 0. The average Bonchev–Trinajstić information content (AvgIpc) is 2.76. The number of amides is 4. The van der Waals surface area contributed by atoms with Gasteiger partial charge in [0.15, 0.2) is 5.96 Å². The number of aliphatic imine (C=N–C) groups is 1. The SMILES string of the molecule is NCCCCC(NC(=O)CN)C(=O)NC(CCC(N)=O)C(=O)NC(CCCN=C(N)N)C(=O)O. The third-order valence-electron chi connectivity index (χ3n) is 4.66. The minimum Gasteiger partial charge on any atom is -0.480 e. The highest BCUT2D eigenvalue weighted by Gasteiger charge is 2.29. The molecule has 0 aromatic rings. The Hall–Kier alpha value is -3.46. The molecule has 0 rings (SSSR count). The van der Waals surface area contributed by atoms with Gasteiger partial charge in [0.1, 0.15) is 18.1 Å². The number of guanidine groups is 1. The number of nitrogens with one attached hydrogen (secondary N) is 3. The number of carboxylic acids is 1. The number of carbonyl (C=O) groups is 5. The first kappa shape index (κ1) is 30.5. The van der Waals surface area contributed by atoms with Crippen molar-refractivity contribution in [3.8, 4) is 0 Å². The smallest absolute Gasteiger partial charge is 0.326 e. The van der Waals surface area contributed by atoms with E-state index in [4.69, 9.17) is 28.7 Å². The Kier molecular flexibility index (Phi) is 15.3. The van der Waals surface area contributed by atoms with E-state index in [1.165, 1.54) is 0 Å². The first-order valence-corrected chi connectivity index (χ1v) is 10.9. The number of nitrogens with two attached hydrogens (primary N) is 5. The second kappa shape index (κ2) is 17.1. The summed E-state index contributed by atoms with van der Waals surface area (Å²) in [6.07, 6.45) is 1.23. The zero-order valence-electron chi connectivity index (χ0n) is 19.1. The van der Waals surface area contributed by atoms with Crippen LogP contribution in [0, 0.1) is 0 Å². The molecule has 0 saturated carbocycles. The second-order valence-corrected chi connectivity index (χ2v) is 7.52. The molecule has 194 valence electrons. The predicted molar refractivity (Wildman–Crippen MR) is 124 cm³/mol. The number of carboxylic acid groups (broad SMARTS) is 1. The first-order valence-electron chi connectivity index (χ1n) is 10.9. The summed E-state index contributed by atoms with van der Waals surface area (Å²) in [6.45, 7) is 0.212. The van der Waals surface area contributed by atoms with Crippen LogP contribution >= 0.6 is 0 Å². The fraction of sp³-hybridized carbons (Fsp3) is 0.684. The summed E-state index contributed by atoms with van der Waals surface area (Å²) in [6, 6.07) is -3.56. The molecule has 4 amide bonds. The molecule has 3 atom stereocenters. The Morgan fingerprint density at radius 1 is 0.765 bits per heavy atom. The number of hydrogen-bond acceptors (Lipinski definition) is 8. The van der Waals surface area contributed by atoms with E-state index in [2.05, 4.69) is 20.9 Å². The van der Waals surface area contributed by atoms with Crippen LogP contribution in [0.1, 0.15) is 44.9 Å². The van der Waals surface area contributed by atoms with Crippen molar-refractivity contribution < 1.29 is 29.1 Å². The van der Waals surface area contributed by atoms with Gasteiger partial charge in [-0.3, -0.25) is 24.2 Å². The molecule has 15 heteroatoms. The van der Waals surface area contributed by atoms with Gasteiger partial charge < -0.3 is 49.7 Å². The lowest BCUT2D eigenvalue weighted by atomic mass is 10.1. The van der Waals surface area contributed by atoms with E-state index in [-0.39, 0.29) is 51.2 Å². The van der Waals surface area contributed by atoms with Crippen LogP contribution < -0.4 is 44.6 Å². The topological polar surface area (TPSA) is 284 Å². The summed E-state index contributed by atoms with van der Waals surface area (Å²) in [5.74, 6) is -4.24. The highest BCUT2D eigenvalue weighted by Crippen LogP contribution is 2.06. The van der Waals surface area contributed by atoms with E-state index < -0.39 is 47.7 Å². The molecule has 0 aromatic heterocycles. The van der Waals surface area contributed by atoms with Gasteiger partial charge in [0.05, 0.1) is 6.54 Å². The lowest BCUT2D eigenvalue weighted by Gasteiger charge is -2.24. The van der Waals surface area contributed by atoms with Crippen LogP contribution in [0.4, 0.5) is 0 Å². The van der Waals surface area contributed by atoms with Crippen LogP contribution in [0.15, 0.2) is 4.99 Å². The van der Waals surface area contributed by atoms with Gasteiger partial charge in [0, 0.05) is 13.0 Å². The summed E-state index contributed by atoms with van der Waals surface area (Å²) >= 11 is 0. The van der Waals surface area contributed by atoms with Gasteiger partial charge in [0.25, 0.3) is 0 Å². The minimum absolute atomic E-state index is 0.0165. The molecular formula is C19H37N9O6. The molecule has 34 heavy (non-hydrogen) atoms. The number of nitrogens with zero attached hydrogens (tertiary/aromatic N) is 1. The molecule has 0 aromatic carbocycles. The Morgan fingerprint density at radius 2 is 1.32 bits per heavy atom. The number of carbonyl (C=O) groups excluding carboxylic acids is 4. The maximum atomic E-state index is 12.8. The standard InChI is InChI=1S/C19H37N9O6/c20-8-2-1-4-11(26-15(30)10-21)16(31)27-12(6-7-14(22)29)17(32)28-13(18(33)34)5-3-9-25-19(23)24/h11-13H,1-10,20-21H2,(H2,22,29)(H,26,30)(H,27,31)(H,28,32)(H,33,34)(H4,23,24,25). The van der Waals surface area contributed by atoms with Crippen LogP contribution in [0.25, 0.3) is 0 Å². The van der Waals surface area contributed by atoms with Crippen molar-refractivity contribution in [2.24, 2.45) is 33.7 Å². The molecule has 0 aliphatic rings. The van der Waals surface area contributed by atoms with E-state index in [1.807, 2.05) is 0 Å². The van der Waals surface area contributed by atoms with Crippen molar-refractivity contribution in [1.29, 1.82) is 0 Å². The third kappa shape index (κ3) is 13.8. The molecule has 0 fully saturated rings. The fourth-order valence-corrected chi connectivity index (χ4v) is 2.88. The summed E-state index contributed by atoms with van der Waals surface area (Å²) in [5, 5.41) is 16.7. The van der Waals surface area contributed by atoms with Gasteiger partial charge in [-0.25, -0.2) is 4.79 Å². The maximum absolute atomic E-state index is 12.8. The molecule has 0 heterocycles. The van der Waals surface area contributed by atoms with Gasteiger partial charge in [-0.2, -0.15) is 0 Å². The van der Waals surface area contributed by atoms with Crippen LogP contribution in [-0.2, 0) is 24.0 Å². The summed E-state index contributed by atoms with van der Waals surface area (Å²) in [7, 11) is 0. The third-order valence-corrected chi connectivity index (χ3v) is 4.66. The van der Waals surface area contributed by atoms with Gasteiger partial charge in [-0.1, -0.05) is 0 Å². The zero-order valence-corrected chi connectivity index (χ0v) is 19.1. The molecule has 0 spiro atoms. The largest absolute Gasteiger partial charge is 0.480 e. The van der Waals surface area contributed by atoms with E-state index >= 15 is 0 Å². The average molecular weight is 488 g/mol. The molecular weight excluding hydrogens is 450 g/mol. The van der Waals surface area contributed by atoms with Crippen LogP contribution in [0.2, 0.25) is 0 Å². The first-order chi connectivity index (χ1) is 16.0. The van der Waals surface area contributed by atoms with Gasteiger partial charge in [-0.15, -0.1) is 0 Å². The lowest BCUT2D eigenvalue weighted by molar-refractivity contribution is -0.142. The van der Waals surface area contributed by atoms with Gasteiger partial charge >= 0.3 is 5.97 Å². The van der Waals surface area contributed by atoms with E-state index in [1.54, 1.807) is 0 Å². The number of primary amides is 1. The van der Waals surface area contributed by atoms with Gasteiger partial charge in [0.2, 0.25) is 23.6 Å². The van der Waals surface area contributed by atoms with Crippen molar-refractivity contribution >= 4 is 35.6 Å². The van der Waals surface area contributed by atoms with Gasteiger partial charge in [-0.05, 0) is 45.1 Å². The molecule has 0 saturated heterocycles. The summed E-state index contributed by atoms with van der Waals surface area (Å²) in [5.41, 5.74) is 26.4. The van der Waals surface area contributed by atoms with E-state index in [9.17, 15) is 29.1 Å². The Bertz CT molecular complexity index is 727. The fourth-order valence-electron chi connectivity index (χ4n) is 2.88. The molecule has 0 bridgehead atoms. The quantitative estimate of drug-likeness (QED) is 0.0511. The van der Waals surface area contributed by atoms with Crippen molar-refractivity contribution in [3.05, 3.63) is 0 Å². The van der Waals surface area contributed by atoms with Crippen molar-refractivity contribution in [3.63, 3.8) is 0 Å². The minimum atomic E-state index is -1.30. The lowest BCUT2D eigenvalue weighted by Crippen LogP contribution is -2.56. The Labute approximate surface area is 197 Å². The van der Waals surface area contributed by atoms with Crippen molar-refractivity contribution in [2.75, 3.05) is 19.6 Å². The number of hydrogen-bond donors (Lipinski definition) is 9. The molecule has 15 nitrogen and oxygen atoms in total. The van der Waals surface area contributed by atoms with Crippen molar-refractivity contribution in [2.45, 2.75) is 63.1 Å². The Balaban J connectivity index is 5.37. The predicted octanol–water partition coefficient (Wildman–Crippen LogP) is -4.07. The maximum Gasteiger partial charge on any atom is 0.326 e. The zero-order chi connectivity index (χ0) is 26.1. The molecule has 0 aliphatic carbocycles. The normalized spacial score (nSPS) is 13.1. The number of unbranched alkanes of at least 4 members (excludes halogenated alkanes) is 1. The highest BCUT2D eigenvalue weighted by atomic mass is 16.4. The highest BCUT2D eigenvalue weighted by molar-refractivity contribution is 5.93. The van der Waals surface area contributed by atoms with Crippen LogP contribution in [-0.4, -0.2) is 78.4 Å². The summed E-state index contributed by atoms with van der Waals surface area (Å²) in [4.78, 5) is 63.8. The van der Waals surface area contributed by atoms with Crippen LogP contribution in [0.5, 0.6) is 0 Å². The molecule has 3 unspecified atom stereocenters. The van der Waals surface area contributed by atoms with Crippen LogP contribution in [0.3, 0.4) is 0 Å². The molecule has 14 N–H and O–H groups in total. The van der Waals surface area contributed by atoms with Crippen molar-refractivity contribution in [1.82, 2.24) is 16.0 Å². The monoisotopic (exact) mass is 487 g/mol. The Morgan fingerprint density at radius 3 is 1.82 bits per heavy atom. The molecule has 0 radical (unpaired) electrons. The number of rotatable bonds is 18. The van der Waals surface area contributed by atoms with E-state index in [0.717, 1.165) is 0 Å². The number of aliphatic carboxylic acids is 1. The molecule has 0 aliphatic heterocycles.